The van der Waals surface area contributed by atoms with Gasteiger partial charge in [-0.1, -0.05) is 13.3 Å². The smallest absolute Gasteiger partial charge is 0.00325 e. The van der Waals surface area contributed by atoms with Crippen molar-refractivity contribution in [2.45, 2.75) is 19.8 Å². The van der Waals surface area contributed by atoms with Crippen LogP contribution in [0.25, 0.3) is 0 Å². The third kappa shape index (κ3) is 5.25. The van der Waals surface area contributed by atoms with E-state index in [2.05, 4.69) is 17.9 Å². The fraction of sp³-hybridized carbons (Fsp3) is 0.600. The molecule has 0 unspecified atom stereocenters. The van der Waals surface area contributed by atoms with Crippen LogP contribution in [0, 0.1) is 0 Å². The maximum atomic E-state index is 4.75. The molecule has 0 amide bonds. The number of rotatable bonds is 2. The van der Waals surface area contributed by atoms with E-state index in [1.165, 1.54) is 0 Å². The molecular formula is C5H10N2. The summed E-state index contributed by atoms with van der Waals surface area (Å²) in [5.41, 5.74) is 0. The lowest BCUT2D eigenvalue weighted by Crippen LogP contribution is -1.73. The molecule has 0 spiro atoms. The molecule has 0 bridgehead atoms. The lowest BCUT2D eigenvalue weighted by molar-refractivity contribution is 0.964. The molecule has 0 rings (SSSR count). The van der Waals surface area contributed by atoms with Crippen LogP contribution in [0.2, 0.25) is 0 Å². The van der Waals surface area contributed by atoms with Gasteiger partial charge in [-0.25, -0.2) is 0 Å². The number of hydrazone groups is 1. The number of hydrogen-bond donors (Lipinski definition) is 1. The van der Waals surface area contributed by atoms with E-state index < -0.39 is 0 Å². The monoisotopic (exact) mass is 98.1 g/mol. The van der Waals surface area contributed by atoms with Gasteiger partial charge in [0.1, 0.15) is 0 Å². The predicted octanol–water partition coefficient (Wildman–Crippen LogP) is 0.886. The first kappa shape index (κ1) is 6.25. The van der Waals surface area contributed by atoms with Gasteiger partial charge in [-0.3, -0.25) is 0 Å². The average molecular weight is 98.1 g/mol. The zero-order valence-electron chi connectivity index (χ0n) is 4.52. The highest BCUT2D eigenvalue weighted by atomic mass is 15.1. The highest BCUT2D eigenvalue weighted by Crippen LogP contribution is 1.81. The van der Waals surface area contributed by atoms with Crippen LogP contribution >= 0.6 is 0 Å². The quantitative estimate of drug-likeness (QED) is 0.311. The lowest BCUT2D eigenvalue weighted by atomic mass is 10.3. The van der Waals surface area contributed by atoms with Gasteiger partial charge < -0.3 is 5.84 Å². The first-order valence-electron chi connectivity index (χ1n) is 2.39. The van der Waals surface area contributed by atoms with Crippen LogP contribution in [-0.2, 0) is 0 Å². The maximum absolute atomic E-state index is 4.75. The second-order valence-corrected chi connectivity index (χ2v) is 1.25. The summed E-state index contributed by atoms with van der Waals surface area (Å²) in [6.07, 6.45) is 3.96. The Hall–Kier alpha value is -0.750. The van der Waals surface area contributed by atoms with E-state index in [-0.39, 0.29) is 0 Å². The predicted molar refractivity (Wildman–Crippen MR) is 31.1 cm³/mol. The Morgan fingerprint density at radius 1 is 1.86 bits per heavy atom. The molecular weight excluding hydrogens is 88.1 g/mol. The Kier molecular flexibility index (Phi) is 4.69. The topological polar surface area (TPSA) is 38.4 Å². The normalized spacial score (nSPS) is 7.00. The molecule has 2 heteroatoms. The van der Waals surface area contributed by atoms with Crippen LogP contribution in [0.4, 0.5) is 0 Å². The molecule has 0 saturated carbocycles. The van der Waals surface area contributed by atoms with Crippen LogP contribution in [0.15, 0.2) is 11.2 Å². The van der Waals surface area contributed by atoms with Gasteiger partial charge in [0.15, 0.2) is 0 Å². The highest BCUT2D eigenvalue weighted by Gasteiger charge is 1.65. The van der Waals surface area contributed by atoms with Gasteiger partial charge in [0.2, 0.25) is 0 Å². The number of allylic oxidation sites excluding steroid dienone is 1. The van der Waals surface area contributed by atoms with Gasteiger partial charge in [-0.05, 0) is 12.5 Å². The molecule has 0 aliphatic heterocycles. The van der Waals surface area contributed by atoms with Crippen molar-refractivity contribution in [3.8, 4) is 0 Å². The maximum Gasteiger partial charge on any atom is 0.00325 e. The summed E-state index contributed by atoms with van der Waals surface area (Å²) < 4.78 is 0. The van der Waals surface area contributed by atoms with E-state index in [4.69, 9.17) is 5.84 Å². The highest BCUT2D eigenvalue weighted by molar-refractivity contribution is 5.50. The first-order chi connectivity index (χ1) is 3.41. The van der Waals surface area contributed by atoms with Crippen LogP contribution in [0.5, 0.6) is 0 Å². The van der Waals surface area contributed by atoms with Crippen molar-refractivity contribution in [3.05, 3.63) is 6.08 Å². The van der Waals surface area contributed by atoms with E-state index in [0.717, 1.165) is 12.8 Å². The molecule has 0 saturated heterocycles. The van der Waals surface area contributed by atoms with E-state index >= 15 is 0 Å². The molecule has 0 aromatic heterocycles. The summed E-state index contributed by atoms with van der Waals surface area (Å²) in [6.45, 7) is 2.09. The van der Waals surface area contributed by atoms with Crippen LogP contribution in [0.3, 0.4) is 0 Å². The minimum absolute atomic E-state index is 1.01. The van der Waals surface area contributed by atoms with Gasteiger partial charge in [0, 0.05) is 5.87 Å². The van der Waals surface area contributed by atoms with E-state index in [9.17, 15) is 0 Å². The van der Waals surface area contributed by atoms with Crippen LogP contribution < -0.4 is 5.84 Å². The Balaban J connectivity index is 3.10. The number of nitrogens with two attached hydrogens (primary N) is 1. The lowest BCUT2D eigenvalue weighted by Gasteiger charge is -1.73. The molecule has 0 aliphatic rings. The van der Waals surface area contributed by atoms with Crippen molar-refractivity contribution in [3.63, 3.8) is 0 Å². The zero-order chi connectivity index (χ0) is 5.54. The molecule has 2 N–H and O–H groups in total. The zero-order valence-corrected chi connectivity index (χ0v) is 4.52. The van der Waals surface area contributed by atoms with Crippen LogP contribution in [-0.4, -0.2) is 5.87 Å². The summed E-state index contributed by atoms with van der Waals surface area (Å²) >= 11 is 0. The van der Waals surface area contributed by atoms with Crippen molar-refractivity contribution in [1.82, 2.24) is 0 Å². The Bertz CT molecular complexity index is 80.1. The summed E-state index contributed by atoms with van der Waals surface area (Å²) in [6, 6.07) is 0. The fourth-order valence-corrected chi connectivity index (χ4v) is 0.262. The van der Waals surface area contributed by atoms with Crippen molar-refractivity contribution in [2.75, 3.05) is 0 Å². The third-order valence-electron chi connectivity index (χ3n) is 0.599. The number of nitrogens with zero attached hydrogens (tertiary/aromatic N) is 1. The van der Waals surface area contributed by atoms with Gasteiger partial charge in [0.25, 0.3) is 0 Å². The van der Waals surface area contributed by atoms with Crippen molar-refractivity contribution in [2.24, 2.45) is 10.9 Å². The number of unbranched alkanes of at least 4 members (excludes halogenated alkanes) is 1. The third-order valence-corrected chi connectivity index (χ3v) is 0.599. The molecule has 0 atom stereocenters. The molecule has 0 radical (unpaired) electrons. The van der Waals surface area contributed by atoms with Gasteiger partial charge in [-0.15, -0.1) is 5.10 Å². The Labute approximate surface area is 43.7 Å². The molecule has 40 valence electrons. The summed E-state index contributed by atoms with van der Waals surface area (Å²) in [5.74, 6) is 7.28. The summed E-state index contributed by atoms with van der Waals surface area (Å²) in [7, 11) is 0. The molecule has 2 nitrogen and oxygen atoms in total. The van der Waals surface area contributed by atoms with Crippen LogP contribution in [0.1, 0.15) is 19.8 Å². The fourth-order valence-electron chi connectivity index (χ4n) is 0.262. The Morgan fingerprint density at radius 3 is 3.00 bits per heavy atom. The van der Waals surface area contributed by atoms with Crippen molar-refractivity contribution in [1.29, 1.82) is 0 Å². The first-order valence-corrected chi connectivity index (χ1v) is 2.39. The van der Waals surface area contributed by atoms with Gasteiger partial charge >= 0.3 is 0 Å². The largest absolute Gasteiger partial charge is 0.315 e. The van der Waals surface area contributed by atoms with Crippen molar-refractivity contribution >= 4 is 5.87 Å². The second-order valence-electron chi connectivity index (χ2n) is 1.25. The molecule has 0 heterocycles. The van der Waals surface area contributed by atoms with E-state index in [1.54, 1.807) is 0 Å². The average Bonchev–Trinajstić information content (AvgIpc) is 1.69. The van der Waals surface area contributed by atoms with Gasteiger partial charge in [0.05, 0.1) is 0 Å². The van der Waals surface area contributed by atoms with E-state index in [1.807, 2.05) is 6.08 Å². The number of hydrogen-bond acceptors (Lipinski definition) is 2. The standard InChI is InChI=1S/C5H10N2/c1-2-3-4-5-7-6/h4H,2-3,6H2,1H3. The minimum Gasteiger partial charge on any atom is -0.315 e. The summed E-state index contributed by atoms with van der Waals surface area (Å²) in [5, 5.41) is 3.17. The van der Waals surface area contributed by atoms with E-state index in [0.29, 0.717) is 0 Å². The molecule has 0 aromatic rings. The second kappa shape index (κ2) is 5.25. The SMILES string of the molecule is CCCC=C=NN. The molecule has 7 heavy (non-hydrogen) atoms. The summed E-state index contributed by atoms with van der Waals surface area (Å²) in [4.78, 5) is 0. The molecule has 0 fully saturated rings. The Morgan fingerprint density at radius 2 is 2.57 bits per heavy atom. The molecule has 0 aromatic carbocycles. The molecule has 0 aliphatic carbocycles. The van der Waals surface area contributed by atoms with Gasteiger partial charge in [-0.2, -0.15) is 0 Å². The van der Waals surface area contributed by atoms with Crippen molar-refractivity contribution < 1.29 is 0 Å². The minimum atomic E-state index is 1.01.